The lowest BCUT2D eigenvalue weighted by atomic mass is 9.84. The molecule has 26 heavy (non-hydrogen) atoms. The second kappa shape index (κ2) is 7.85. The summed E-state index contributed by atoms with van der Waals surface area (Å²) in [5, 5.41) is 10.3. The fourth-order valence-corrected chi connectivity index (χ4v) is 3.94. The number of hydrogen-bond acceptors (Lipinski definition) is 3. The first-order valence-corrected chi connectivity index (χ1v) is 10.4. The van der Waals surface area contributed by atoms with Crippen LogP contribution in [0.1, 0.15) is 37.0 Å². The van der Waals surface area contributed by atoms with Gasteiger partial charge in [0.2, 0.25) is 0 Å². The average Bonchev–Trinajstić information content (AvgIpc) is 2.67. The van der Waals surface area contributed by atoms with E-state index in [2.05, 4.69) is 30.5 Å². The highest BCUT2D eigenvalue weighted by molar-refractivity contribution is 7.98. The summed E-state index contributed by atoms with van der Waals surface area (Å²) in [6.07, 6.45) is 3.97. The molecule has 4 heteroatoms. The first-order chi connectivity index (χ1) is 12.4. The minimum atomic E-state index is -0.750. The maximum Gasteiger partial charge on any atom is 0.253 e. The largest absolute Gasteiger partial charge is 0.390 e. The lowest BCUT2D eigenvalue weighted by molar-refractivity contribution is -0.0146. The molecule has 1 aliphatic heterocycles. The van der Waals surface area contributed by atoms with Crippen LogP contribution in [0, 0.1) is 5.92 Å². The molecule has 1 fully saturated rings. The van der Waals surface area contributed by atoms with E-state index in [0.29, 0.717) is 12.1 Å². The summed E-state index contributed by atoms with van der Waals surface area (Å²) in [5.74, 6) is 0.184. The van der Waals surface area contributed by atoms with Crippen LogP contribution in [-0.2, 0) is 0 Å². The third kappa shape index (κ3) is 4.30. The second-order valence-electron chi connectivity index (χ2n) is 7.55. The lowest BCUT2D eigenvalue weighted by Crippen LogP contribution is -2.46. The lowest BCUT2D eigenvalue weighted by Gasteiger charge is -2.38. The molecule has 2 aromatic rings. The molecule has 0 spiro atoms. The van der Waals surface area contributed by atoms with Crippen molar-refractivity contribution in [2.45, 2.75) is 37.2 Å². The number of carbonyl (C=O) groups excluding carboxylic acids is 1. The molecule has 1 N–H and O–H groups in total. The van der Waals surface area contributed by atoms with Gasteiger partial charge in [0.15, 0.2) is 0 Å². The highest BCUT2D eigenvalue weighted by Gasteiger charge is 2.33. The molecule has 0 bridgehead atoms. The van der Waals surface area contributed by atoms with Gasteiger partial charge < -0.3 is 10.0 Å². The van der Waals surface area contributed by atoms with E-state index in [1.54, 1.807) is 11.8 Å². The summed E-state index contributed by atoms with van der Waals surface area (Å²) in [6.45, 7) is 5.06. The van der Waals surface area contributed by atoms with Crippen molar-refractivity contribution in [2.75, 3.05) is 19.3 Å². The number of carbonyl (C=O) groups is 1. The molecule has 0 aliphatic carbocycles. The predicted molar refractivity (Wildman–Crippen MR) is 109 cm³/mol. The number of aliphatic hydroxyl groups is 1. The molecular weight excluding hydrogens is 342 g/mol. The van der Waals surface area contributed by atoms with Crippen molar-refractivity contribution in [2.24, 2.45) is 5.92 Å². The Labute approximate surface area is 160 Å². The van der Waals surface area contributed by atoms with Crippen LogP contribution in [0.4, 0.5) is 0 Å². The molecule has 0 unspecified atom stereocenters. The van der Waals surface area contributed by atoms with Crippen LogP contribution in [0.5, 0.6) is 0 Å². The van der Waals surface area contributed by atoms with Crippen LogP contribution in [0.3, 0.4) is 0 Å². The van der Waals surface area contributed by atoms with E-state index >= 15 is 0 Å². The quantitative estimate of drug-likeness (QED) is 0.794. The van der Waals surface area contributed by atoms with Gasteiger partial charge in [0.05, 0.1) is 5.60 Å². The molecule has 1 amide bonds. The Hall–Kier alpha value is -1.78. The topological polar surface area (TPSA) is 40.5 Å². The second-order valence-corrected chi connectivity index (χ2v) is 8.43. The summed E-state index contributed by atoms with van der Waals surface area (Å²) in [6, 6.07) is 16.3. The Bertz CT molecular complexity index is 764. The molecule has 1 saturated heterocycles. The number of nitrogens with zero attached hydrogens (tertiary/aromatic N) is 1. The van der Waals surface area contributed by atoms with Gasteiger partial charge in [-0.05, 0) is 68.3 Å². The van der Waals surface area contributed by atoms with Crippen molar-refractivity contribution in [3.05, 3.63) is 54.1 Å². The number of amides is 1. The maximum atomic E-state index is 13.0. The molecule has 1 atom stereocenters. The molecule has 0 saturated carbocycles. The first-order valence-electron chi connectivity index (χ1n) is 9.14. The molecule has 0 radical (unpaired) electrons. The van der Waals surface area contributed by atoms with Crippen LogP contribution >= 0.6 is 11.8 Å². The van der Waals surface area contributed by atoms with E-state index in [4.69, 9.17) is 0 Å². The molecule has 3 nitrogen and oxygen atoms in total. The standard InChI is InChI=1S/C22H27NO2S/c1-22(2,25)19-8-5-13-23(15-19)21(24)18-7-4-6-17(14-18)16-9-11-20(26-3)12-10-16/h4,6-7,9-12,14,19,25H,5,8,13,15H2,1-3H3/t19-/m1/s1. The molecule has 3 rings (SSSR count). The minimum Gasteiger partial charge on any atom is -0.390 e. The van der Waals surface area contributed by atoms with Gasteiger partial charge in [-0.3, -0.25) is 4.79 Å². The average molecular weight is 370 g/mol. The highest BCUT2D eigenvalue weighted by Crippen LogP contribution is 2.29. The molecule has 138 valence electrons. The maximum absolute atomic E-state index is 13.0. The summed E-state index contributed by atoms with van der Waals surface area (Å²) < 4.78 is 0. The summed E-state index contributed by atoms with van der Waals surface area (Å²) in [7, 11) is 0. The van der Waals surface area contributed by atoms with E-state index in [0.717, 1.165) is 30.5 Å². The van der Waals surface area contributed by atoms with Gasteiger partial charge in [-0.1, -0.05) is 24.3 Å². The van der Waals surface area contributed by atoms with Gasteiger partial charge in [-0.2, -0.15) is 0 Å². The van der Waals surface area contributed by atoms with Crippen molar-refractivity contribution in [1.82, 2.24) is 4.90 Å². The summed E-state index contributed by atoms with van der Waals surface area (Å²) in [5.41, 5.74) is 2.14. The summed E-state index contributed by atoms with van der Waals surface area (Å²) >= 11 is 1.72. The Balaban J connectivity index is 1.79. The van der Waals surface area contributed by atoms with Crippen LogP contribution < -0.4 is 0 Å². The zero-order valence-electron chi connectivity index (χ0n) is 15.7. The van der Waals surface area contributed by atoms with Crippen molar-refractivity contribution in [3.8, 4) is 11.1 Å². The van der Waals surface area contributed by atoms with E-state index in [1.807, 2.05) is 43.0 Å². The van der Waals surface area contributed by atoms with Crippen molar-refractivity contribution in [3.63, 3.8) is 0 Å². The number of rotatable bonds is 4. The van der Waals surface area contributed by atoms with E-state index < -0.39 is 5.60 Å². The zero-order valence-corrected chi connectivity index (χ0v) is 16.6. The van der Waals surface area contributed by atoms with Crippen molar-refractivity contribution < 1.29 is 9.90 Å². The highest BCUT2D eigenvalue weighted by atomic mass is 32.2. The third-order valence-electron chi connectivity index (χ3n) is 5.24. The first kappa shape index (κ1) is 19.0. The molecule has 0 aromatic heterocycles. The molecule has 1 heterocycles. The summed E-state index contributed by atoms with van der Waals surface area (Å²) in [4.78, 5) is 16.1. The fourth-order valence-electron chi connectivity index (χ4n) is 3.54. The number of benzene rings is 2. The van der Waals surface area contributed by atoms with Crippen LogP contribution in [0.15, 0.2) is 53.4 Å². The minimum absolute atomic E-state index is 0.0570. The Morgan fingerprint density at radius 2 is 1.88 bits per heavy atom. The van der Waals surface area contributed by atoms with Gasteiger partial charge in [0, 0.05) is 29.5 Å². The SMILES string of the molecule is CSc1ccc(-c2cccc(C(=O)N3CCC[C@@H](C(C)(C)O)C3)c2)cc1. The van der Waals surface area contributed by atoms with E-state index in [1.165, 1.54) is 4.90 Å². The number of thioether (sulfide) groups is 1. The third-order valence-corrected chi connectivity index (χ3v) is 5.98. The van der Waals surface area contributed by atoms with Gasteiger partial charge in [0.1, 0.15) is 0 Å². The van der Waals surface area contributed by atoms with Crippen LogP contribution in [0.2, 0.25) is 0 Å². The van der Waals surface area contributed by atoms with Crippen LogP contribution in [0.25, 0.3) is 11.1 Å². The van der Waals surface area contributed by atoms with Gasteiger partial charge in [-0.25, -0.2) is 0 Å². The number of piperidine rings is 1. The normalized spacial score (nSPS) is 18.0. The fraction of sp³-hybridized carbons (Fsp3) is 0.409. The molecule has 1 aliphatic rings. The monoisotopic (exact) mass is 369 g/mol. The van der Waals surface area contributed by atoms with Gasteiger partial charge in [-0.15, -0.1) is 11.8 Å². The zero-order chi connectivity index (χ0) is 18.7. The Morgan fingerprint density at radius 3 is 2.54 bits per heavy atom. The van der Waals surface area contributed by atoms with Crippen molar-refractivity contribution >= 4 is 17.7 Å². The molecule has 2 aromatic carbocycles. The smallest absolute Gasteiger partial charge is 0.253 e. The Kier molecular flexibility index (Phi) is 5.73. The number of likely N-dealkylation sites (tertiary alicyclic amines) is 1. The molecular formula is C22H27NO2S. The van der Waals surface area contributed by atoms with Gasteiger partial charge in [0.25, 0.3) is 5.91 Å². The van der Waals surface area contributed by atoms with E-state index in [-0.39, 0.29) is 11.8 Å². The predicted octanol–water partition coefficient (Wildman–Crippen LogP) is 4.70. The van der Waals surface area contributed by atoms with Crippen molar-refractivity contribution in [1.29, 1.82) is 0 Å². The number of hydrogen-bond donors (Lipinski definition) is 1. The Morgan fingerprint density at radius 1 is 1.15 bits per heavy atom. The van der Waals surface area contributed by atoms with Crippen LogP contribution in [-0.4, -0.2) is 40.9 Å². The van der Waals surface area contributed by atoms with Gasteiger partial charge >= 0.3 is 0 Å². The van der Waals surface area contributed by atoms with E-state index in [9.17, 15) is 9.90 Å².